The summed E-state index contributed by atoms with van der Waals surface area (Å²) in [7, 11) is -0.384. The first-order chi connectivity index (χ1) is 14.1. The maximum atomic E-state index is 6.41. The van der Waals surface area contributed by atoms with Gasteiger partial charge in [-0.05, 0) is 62.4 Å². The van der Waals surface area contributed by atoms with Crippen molar-refractivity contribution in [3.8, 4) is 0 Å². The Balaban J connectivity index is 1.69. The van der Waals surface area contributed by atoms with Gasteiger partial charge in [-0.1, -0.05) is 50.2 Å². The van der Waals surface area contributed by atoms with Crippen LogP contribution >= 0.6 is 11.3 Å². The molecule has 1 saturated heterocycles. The summed E-state index contributed by atoms with van der Waals surface area (Å²) in [5, 5.41) is 3.30. The van der Waals surface area contributed by atoms with Crippen molar-refractivity contribution in [2.45, 2.75) is 58.2 Å². The van der Waals surface area contributed by atoms with Crippen LogP contribution in [0.4, 0.5) is 16.4 Å². The summed E-state index contributed by atoms with van der Waals surface area (Å²) >= 11 is 1.74. The van der Waals surface area contributed by atoms with Gasteiger partial charge < -0.3 is 14.2 Å². The monoisotopic (exact) mass is 417 g/mol. The first-order valence-corrected chi connectivity index (χ1v) is 11.4. The molecule has 0 amide bonds. The van der Waals surface area contributed by atoms with Crippen LogP contribution in [-0.4, -0.2) is 18.3 Å². The third-order valence-corrected chi connectivity index (χ3v) is 7.93. The van der Waals surface area contributed by atoms with E-state index in [9.17, 15) is 0 Å². The quantitative estimate of drug-likeness (QED) is 0.467. The van der Waals surface area contributed by atoms with Crippen molar-refractivity contribution < 1.29 is 9.31 Å². The topological polar surface area (TPSA) is 21.7 Å². The van der Waals surface area contributed by atoms with Gasteiger partial charge in [0.05, 0.1) is 27.6 Å². The summed E-state index contributed by atoms with van der Waals surface area (Å²) in [6.45, 7) is 13.0. The van der Waals surface area contributed by atoms with Crippen LogP contribution in [0.15, 0.2) is 60.0 Å². The number of anilines is 3. The van der Waals surface area contributed by atoms with Crippen molar-refractivity contribution in [1.29, 1.82) is 0 Å². The molecule has 5 heteroatoms. The standard InChI is InChI=1S/C25H28BNO2S/c1-23(2)17-11-7-9-13-20(17)27(21-14-10-8-12-18(21)23)22-19(15-16-30-22)26-28-24(3,4)25(5,6)29-26/h7-16H,1-6H3. The smallest absolute Gasteiger partial charge is 0.399 e. The highest BCUT2D eigenvalue weighted by Crippen LogP contribution is 2.52. The minimum atomic E-state index is -0.384. The van der Waals surface area contributed by atoms with Crippen LogP contribution in [0.5, 0.6) is 0 Å². The van der Waals surface area contributed by atoms with E-state index in [-0.39, 0.29) is 23.7 Å². The molecule has 3 heterocycles. The van der Waals surface area contributed by atoms with Gasteiger partial charge in [0.25, 0.3) is 0 Å². The predicted octanol–water partition coefficient (Wildman–Crippen LogP) is 6.16. The minimum absolute atomic E-state index is 0.0640. The lowest BCUT2D eigenvalue weighted by molar-refractivity contribution is 0.00578. The number of para-hydroxylation sites is 2. The molecule has 0 atom stereocenters. The van der Waals surface area contributed by atoms with Crippen molar-refractivity contribution in [2.24, 2.45) is 0 Å². The Morgan fingerprint density at radius 1 is 0.733 bits per heavy atom. The molecule has 154 valence electrons. The second-order valence-corrected chi connectivity index (χ2v) is 10.7. The van der Waals surface area contributed by atoms with Crippen LogP contribution in [0.1, 0.15) is 52.7 Å². The second kappa shape index (κ2) is 6.46. The normalized spacial score (nSPS) is 20.7. The molecule has 0 aliphatic carbocycles. The zero-order valence-corrected chi connectivity index (χ0v) is 19.3. The minimum Gasteiger partial charge on any atom is -0.399 e. The summed E-state index contributed by atoms with van der Waals surface area (Å²) in [5.74, 6) is 0. The van der Waals surface area contributed by atoms with E-state index in [1.807, 2.05) is 0 Å². The molecule has 2 aliphatic rings. The number of hydrogen-bond donors (Lipinski definition) is 0. The molecule has 2 aliphatic heterocycles. The Labute approximate surface area is 183 Å². The Morgan fingerprint density at radius 3 is 1.77 bits per heavy atom. The molecule has 30 heavy (non-hydrogen) atoms. The summed E-state index contributed by atoms with van der Waals surface area (Å²) in [5.41, 5.74) is 5.40. The molecular formula is C25H28BNO2S. The summed E-state index contributed by atoms with van der Waals surface area (Å²) in [6, 6.07) is 19.6. The van der Waals surface area contributed by atoms with Gasteiger partial charge in [0.2, 0.25) is 0 Å². The second-order valence-electron chi connectivity index (χ2n) is 9.76. The van der Waals surface area contributed by atoms with Crippen LogP contribution in [0.25, 0.3) is 0 Å². The fourth-order valence-electron chi connectivity index (χ4n) is 4.53. The zero-order chi connectivity index (χ0) is 21.3. The van der Waals surface area contributed by atoms with Crippen molar-refractivity contribution in [3.05, 3.63) is 71.1 Å². The van der Waals surface area contributed by atoms with E-state index in [4.69, 9.17) is 9.31 Å². The van der Waals surface area contributed by atoms with E-state index in [2.05, 4.69) is 106 Å². The van der Waals surface area contributed by atoms with E-state index in [0.29, 0.717) is 0 Å². The van der Waals surface area contributed by atoms with Crippen molar-refractivity contribution in [3.63, 3.8) is 0 Å². The van der Waals surface area contributed by atoms with Crippen LogP contribution in [-0.2, 0) is 14.7 Å². The molecular weight excluding hydrogens is 389 g/mol. The fraction of sp³-hybridized carbons (Fsp3) is 0.360. The zero-order valence-electron chi connectivity index (χ0n) is 18.5. The van der Waals surface area contributed by atoms with Crippen molar-refractivity contribution in [2.75, 3.05) is 4.90 Å². The van der Waals surface area contributed by atoms with Gasteiger partial charge in [-0.25, -0.2) is 0 Å². The van der Waals surface area contributed by atoms with E-state index < -0.39 is 0 Å². The highest BCUT2D eigenvalue weighted by atomic mass is 32.1. The number of hydrogen-bond acceptors (Lipinski definition) is 4. The highest BCUT2D eigenvalue weighted by molar-refractivity contribution is 7.16. The lowest BCUT2D eigenvalue weighted by atomic mass is 9.73. The lowest BCUT2D eigenvalue weighted by Crippen LogP contribution is -2.41. The largest absolute Gasteiger partial charge is 0.497 e. The Hall–Kier alpha value is -2.08. The van der Waals surface area contributed by atoms with Crippen molar-refractivity contribution in [1.82, 2.24) is 0 Å². The van der Waals surface area contributed by atoms with Gasteiger partial charge in [-0.15, -0.1) is 11.3 Å². The maximum absolute atomic E-state index is 6.41. The van der Waals surface area contributed by atoms with E-state index in [1.54, 1.807) is 11.3 Å². The third kappa shape index (κ3) is 2.72. The summed E-state index contributed by atoms with van der Waals surface area (Å²) < 4.78 is 12.8. The van der Waals surface area contributed by atoms with Gasteiger partial charge in [0.1, 0.15) is 0 Å². The molecule has 0 N–H and O–H groups in total. The Bertz CT molecular complexity index is 1050. The van der Waals surface area contributed by atoms with Gasteiger partial charge in [0.15, 0.2) is 0 Å². The van der Waals surface area contributed by atoms with Crippen LogP contribution in [0.3, 0.4) is 0 Å². The first kappa shape index (κ1) is 19.9. The molecule has 3 nitrogen and oxygen atoms in total. The molecule has 0 bridgehead atoms. The van der Waals surface area contributed by atoms with Crippen LogP contribution in [0.2, 0.25) is 0 Å². The maximum Gasteiger partial charge on any atom is 0.497 e. The molecule has 5 rings (SSSR count). The van der Waals surface area contributed by atoms with E-state index >= 15 is 0 Å². The molecule has 0 radical (unpaired) electrons. The number of nitrogens with zero attached hydrogens (tertiary/aromatic N) is 1. The Kier molecular flexibility index (Phi) is 4.28. The summed E-state index contributed by atoms with van der Waals surface area (Å²) in [6.07, 6.45) is 0. The van der Waals surface area contributed by atoms with Crippen LogP contribution in [0, 0.1) is 0 Å². The molecule has 0 spiro atoms. The van der Waals surface area contributed by atoms with Crippen molar-refractivity contribution >= 4 is 40.3 Å². The first-order valence-electron chi connectivity index (χ1n) is 10.6. The Morgan fingerprint density at radius 2 is 1.23 bits per heavy atom. The number of thiophene rings is 1. The number of benzene rings is 2. The molecule has 2 aromatic carbocycles. The number of rotatable bonds is 2. The molecule has 0 saturated carbocycles. The molecule has 3 aromatic rings. The van der Waals surface area contributed by atoms with E-state index in [1.165, 1.54) is 22.5 Å². The molecule has 1 fully saturated rings. The number of fused-ring (bicyclic) bond motifs is 2. The predicted molar refractivity (Wildman–Crippen MR) is 127 cm³/mol. The van der Waals surface area contributed by atoms with Gasteiger partial charge in [-0.3, -0.25) is 0 Å². The average molecular weight is 417 g/mol. The van der Waals surface area contributed by atoms with Gasteiger partial charge in [0, 0.05) is 10.9 Å². The van der Waals surface area contributed by atoms with Gasteiger partial charge in [-0.2, -0.15) is 0 Å². The highest BCUT2D eigenvalue weighted by Gasteiger charge is 2.53. The SMILES string of the molecule is CC1(C)c2ccccc2N(c2sccc2B2OC(C)(C)C(C)(C)O2)c2ccccc21. The average Bonchev–Trinajstić information content (AvgIpc) is 3.24. The fourth-order valence-corrected chi connectivity index (χ4v) is 5.48. The summed E-state index contributed by atoms with van der Waals surface area (Å²) in [4.78, 5) is 2.39. The molecule has 0 unspecified atom stereocenters. The lowest BCUT2D eigenvalue weighted by Gasteiger charge is -2.41. The third-order valence-electron chi connectivity index (χ3n) is 7.02. The molecule has 1 aromatic heterocycles. The van der Waals surface area contributed by atoms with E-state index in [0.717, 1.165) is 10.5 Å². The van der Waals surface area contributed by atoms with Crippen LogP contribution < -0.4 is 10.4 Å². The van der Waals surface area contributed by atoms with Gasteiger partial charge >= 0.3 is 7.12 Å².